The van der Waals surface area contributed by atoms with E-state index < -0.39 is 21.9 Å². The van der Waals surface area contributed by atoms with E-state index >= 15 is 0 Å². The van der Waals surface area contributed by atoms with E-state index in [-0.39, 0.29) is 16.8 Å². The Morgan fingerprint density at radius 1 is 1.14 bits per heavy atom. The summed E-state index contributed by atoms with van der Waals surface area (Å²) in [6, 6.07) is 11.7. The molecule has 8 heteroatoms. The predicted octanol–water partition coefficient (Wildman–Crippen LogP) is 3.48. The number of carbonyl (C=O) groups is 1. The highest BCUT2D eigenvalue weighted by atomic mass is 32.2. The maximum Gasteiger partial charge on any atom is 0.266 e. The highest BCUT2D eigenvalue weighted by molar-refractivity contribution is 7.92. The van der Waals surface area contributed by atoms with Gasteiger partial charge >= 0.3 is 0 Å². The van der Waals surface area contributed by atoms with Crippen molar-refractivity contribution in [2.75, 3.05) is 11.4 Å². The van der Waals surface area contributed by atoms with Gasteiger partial charge in [-0.1, -0.05) is 25.0 Å². The van der Waals surface area contributed by atoms with Gasteiger partial charge in [0.2, 0.25) is 0 Å². The number of halogens is 1. The molecule has 1 aliphatic rings. The number of hydrogen-bond donors (Lipinski definition) is 1. The second-order valence-electron chi connectivity index (χ2n) is 7.15. The lowest BCUT2D eigenvalue weighted by molar-refractivity contribution is -0.127. The summed E-state index contributed by atoms with van der Waals surface area (Å²) in [6.07, 6.45) is 3.59. The van der Waals surface area contributed by atoms with E-state index in [0.29, 0.717) is 11.4 Å². The molecule has 0 spiro atoms. The van der Waals surface area contributed by atoms with Crippen LogP contribution in [0.3, 0.4) is 0 Å². The Hall–Kier alpha value is -2.61. The van der Waals surface area contributed by atoms with Crippen molar-refractivity contribution in [1.29, 1.82) is 0 Å². The lowest BCUT2D eigenvalue weighted by Crippen LogP contribution is -2.41. The molecule has 0 aromatic heterocycles. The van der Waals surface area contributed by atoms with Gasteiger partial charge in [0.15, 0.2) is 6.10 Å². The van der Waals surface area contributed by atoms with Gasteiger partial charge in [-0.3, -0.25) is 9.10 Å². The van der Waals surface area contributed by atoms with Crippen molar-refractivity contribution in [2.24, 2.45) is 0 Å². The minimum Gasteiger partial charge on any atom is -0.481 e. The van der Waals surface area contributed by atoms with Crippen molar-refractivity contribution < 1.29 is 22.3 Å². The summed E-state index contributed by atoms with van der Waals surface area (Å²) in [5.41, 5.74) is 0.351. The van der Waals surface area contributed by atoms with E-state index in [2.05, 4.69) is 5.32 Å². The molecule has 6 nitrogen and oxygen atoms in total. The number of anilines is 1. The Kier molecular flexibility index (Phi) is 6.42. The average molecular weight is 421 g/mol. The average Bonchev–Trinajstić information content (AvgIpc) is 3.21. The van der Waals surface area contributed by atoms with Crippen molar-refractivity contribution in [3.8, 4) is 5.75 Å². The molecule has 156 valence electrons. The largest absolute Gasteiger partial charge is 0.481 e. The van der Waals surface area contributed by atoms with E-state index in [1.54, 1.807) is 31.2 Å². The van der Waals surface area contributed by atoms with Crippen LogP contribution in [0, 0.1) is 5.82 Å². The molecule has 0 bridgehead atoms. The Bertz CT molecular complexity index is 957. The number of nitrogens with one attached hydrogen (secondary N) is 1. The first kappa shape index (κ1) is 21.1. The molecule has 0 radical (unpaired) electrons. The molecule has 2 aromatic carbocycles. The molecule has 0 heterocycles. The summed E-state index contributed by atoms with van der Waals surface area (Å²) >= 11 is 0. The predicted molar refractivity (Wildman–Crippen MR) is 109 cm³/mol. The van der Waals surface area contributed by atoms with E-state index in [1.807, 2.05) is 0 Å². The molecule has 1 aliphatic carbocycles. The number of carbonyl (C=O) groups excluding carboxylic acids is 1. The summed E-state index contributed by atoms with van der Waals surface area (Å²) in [4.78, 5) is 11.9. The molecule has 0 saturated heterocycles. The monoisotopic (exact) mass is 420 g/mol. The topological polar surface area (TPSA) is 75.7 Å². The zero-order valence-electron chi connectivity index (χ0n) is 16.5. The van der Waals surface area contributed by atoms with E-state index in [0.717, 1.165) is 36.1 Å². The Labute approximate surface area is 170 Å². The van der Waals surface area contributed by atoms with Gasteiger partial charge in [-0.05, 0) is 56.2 Å². The zero-order chi connectivity index (χ0) is 21.0. The molecule has 0 aliphatic heterocycles. The summed E-state index contributed by atoms with van der Waals surface area (Å²) in [5.74, 6) is -0.527. The van der Waals surface area contributed by atoms with Crippen LogP contribution in [0.2, 0.25) is 0 Å². The van der Waals surface area contributed by atoms with Crippen molar-refractivity contribution in [3.63, 3.8) is 0 Å². The zero-order valence-corrected chi connectivity index (χ0v) is 17.3. The lowest BCUT2D eigenvalue weighted by atomic mass is 10.2. The fourth-order valence-electron chi connectivity index (χ4n) is 3.32. The van der Waals surface area contributed by atoms with Gasteiger partial charge in [-0.2, -0.15) is 0 Å². The van der Waals surface area contributed by atoms with Crippen LogP contribution in [-0.2, 0) is 14.8 Å². The van der Waals surface area contributed by atoms with Gasteiger partial charge in [0.1, 0.15) is 16.5 Å². The second-order valence-corrected chi connectivity index (χ2v) is 9.08. The number of ether oxygens (including phenoxy) is 1. The molecule has 2 aromatic rings. The van der Waals surface area contributed by atoms with Crippen molar-refractivity contribution in [3.05, 3.63) is 54.3 Å². The van der Waals surface area contributed by atoms with Crippen molar-refractivity contribution >= 4 is 21.6 Å². The normalized spacial score (nSPS) is 15.7. The number of amides is 1. The van der Waals surface area contributed by atoms with Crippen molar-refractivity contribution in [2.45, 2.75) is 49.6 Å². The number of rotatable bonds is 7. The van der Waals surface area contributed by atoms with Gasteiger partial charge in [-0.25, -0.2) is 12.8 Å². The van der Waals surface area contributed by atoms with E-state index in [9.17, 15) is 17.6 Å². The maximum absolute atomic E-state index is 13.9. The molecular weight excluding hydrogens is 395 g/mol. The van der Waals surface area contributed by atoms with Gasteiger partial charge in [-0.15, -0.1) is 0 Å². The molecule has 1 unspecified atom stereocenters. The Morgan fingerprint density at radius 3 is 2.38 bits per heavy atom. The fraction of sp³-hybridized carbons (Fsp3) is 0.381. The van der Waals surface area contributed by atoms with E-state index in [1.165, 1.54) is 25.2 Å². The van der Waals surface area contributed by atoms with Gasteiger partial charge in [0.05, 0.1) is 5.69 Å². The number of benzene rings is 2. The standard InChI is InChI=1S/C21H25FN2O4S/c1-15(21(25)23-16-7-3-4-8-16)28-18-13-11-17(12-14-18)24(2)29(26,27)20-10-6-5-9-19(20)22/h5-6,9-16H,3-4,7-8H2,1-2H3,(H,23,25). The first-order valence-corrected chi connectivity index (χ1v) is 11.0. The first-order chi connectivity index (χ1) is 13.8. The van der Waals surface area contributed by atoms with E-state index in [4.69, 9.17) is 4.74 Å². The third-order valence-electron chi connectivity index (χ3n) is 5.06. The molecule has 1 fully saturated rings. The summed E-state index contributed by atoms with van der Waals surface area (Å²) < 4.78 is 45.9. The number of nitrogens with zero attached hydrogens (tertiary/aromatic N) is 1. The van der Waals surface area contributed by atoms with Crippen LogP contribution in [-0.4, -0.2) is 33.5 Å². The van der Waals surface area contributed by atoms with Crippen LogP contribution in [0.25, 0.3) is 0 Å². The molecule has 1 N–H and O–H groups in total. The minimum atomic E-state index is -4.03. The van der Waals surface area contributed by atoms with Crippen LogP contribution in [0.1, 0.15) is 32.6 Å². The SMILES string of the molecule is CC(Oc1ccc(N(C)S(=O)(=O)c2ccccc2F)cc1)C(=O)NC1CCCC1. The smallest absolute Gasteiger partial charge is 0.266 e. The third kappa shape index (κ3) is 4.87. The second kappa shape index (κ2) is 8.82. The van der Waals surface area contributed by atoms with Gasteiger partial charge in [0, 0.05) is 13.1 Å². The van der Waals surface area contributed by atoms with Gasteiger partial charge < -0.3 is 10.1 Å². The highest BCUT2D eigenvalue weighted by Crippen LogP contribution is 2.26. The molecule has 1 saturated carbocycles. The van der Waals surface area contributed by atoms with Crippen LogP contribution in [0.15, 0.2) is 53.4 Å². The summed E-state index contributed by atoms with van der Waals surface area (Å²) in [7, 11) is -2.68. The van der Waals surface area contributed by atoms with Crippen LogP contribution in [0.5, 0.6) is 5.75 Å². The molecule has 1 amide bonds. The molecule has 1 atom stereocenters. The first-order valence-electron chi connectivity index (χ1n) is 9.59. The quantitative estimate of drug-likeness (QED) is 0.744. The molecular formula is C21H25FN2O4S. The maximum atomic E-state index is 13.9. The Balaban J connectivity index is 1.66. The van der Waals surface area contributed by atoms with Crippen LogP contribution in [0.4, 0.5) is 10.1 Å². The number of hydrogen-bond acceptors (Lipinski definition) is 4. The molecule has 3 rings (SSSR count). The third-order valence-corrected chi connectivity index (χ3v) is 6.88. The lowest BCUT2D eigenvalue weighted by Gasteiger charge is -2.21. The van der Waals surface area contributed by atoms with Crippen LogP contribution >= 0.6 is 0 Å². The number of sulfonamides is 1. The molecule has 29 heavy (non-hydrogen) atoms. The summed E-state index contributed by atoms with van der Waals surface area (Å²) in [5, 5.41) is 2.98. The van der Waals surface area contributed by atoms with Crippen LogP contribution < -0.4 is 14.4 Å². The minimum absolute atomic E-state index is 0.166. The summed E-state index contributed by atoms with van der Waals surface area (Å²) in [6.45, 7) is 1.67. The van der Waals surface area contributed by atoms with Gasteiger partial charge in [0.25, 0.3) is 15.9 Å². The van der Waals surface area contributed by atoms with Crippen molar-refractivity contribution in [1.82, 2.24) is 5.32 Å². The Morgan fingerprint density at radius 2 is 1.76 bits per heavy atom. The highest BCUT2D eigenvalue weighted by Gasteiger charge is 2.25. The fourth-order valence-corrected chi connectivity index (χ4v) is 4.58.